The van der Waals surface area contributed by atoms with Gasteiger partial charge < -0.3 is 14.6 Å². The van der Waals surface area contributed by atoms with Crippen molar-refractivity contribution in [3.05, 3.63) is 92.5 Å². The van der Waals surface area contributed by atoms with Crippen LogP contribution < -0.4 is 19.7 Å². The Labute approximate surface area is 233 Å². The maximum absolute atomic E-state index is 13.4. The molecule has 1 saturated heterocycles. The van der Waals surface area contributed by atoms with Crippen molar-refractivity contribution in [1.29, 1.82) is 0 Å². The minimum absolute atomic E-state index is 0.153. The normalized spacial score (nSPS) is 14.4. The lowest BCUT2D eigenvalue weighted by Crippen LogP contribution is -2.54. The summed E-state index contributed by atoms with van der Waals surface area (Å²) in [6.45, 7) is 5.99. The van der Waals surface area contributed by atoms with E-state index in [4.69, 9.17) is 14.6 Å². The first kappa shape index (κ1) is 27.6. The standard InChI is InChI=1S/C29H25BrN2O7/c1-4-38-24-13-20(23(30)14-25(24)39-15-18-5-7-19(8-6-18)28(35)36)12-22-26(33)31-29(37)32(27(22)34)21-10-16(2)9-17(3)11-21/h5-14H,4,15H2,1-3H3,(H,35,36)(H,31,33,37)/b22-12+. The Kier molecular flexibility index (Phi) is 8.15. The van der Waals surface area contributed by atoms with Crippen LogP contribution in [-0.2, 0) is 16.2 Å². The number of rotatable bonds is 8. The number of urea groups is 1. The predicted molar refractivity (Wildman–Crippen MR) is 148 cm³/mol. The third-order valence-corrected chi connectivity index (χ3v) is 6.51. The molecule has 1 heterocycles. The van der Waals surface area contributed by atoms with Gasteiger partial charge in [0.25, 0.3) is 11.8 Å². The van der Waals surface area contributed by atoms with Crippen LogP contribution in [-0.4, -0.2) is 35.5 Å². The van der Waals surface area contributed by atoms with Crippen molar-refractivity contribution in [1.82, 2.24) is 5.32 Å². The van der Waals surface area contributed by atoms with Gasteiger partial charge in [-0.25, -0.2) is 14.5 Å². The highest BCUT2D eigenvalue weighted by Crippen LogP contribution is 2.36. The monoisotopic (exact) mass is 592 g/mol. The second-order valence-electron chi connectivity index (χ2n) is 8.85. The lowest BCUT2D eigenvalue weighted by molar-refractivity contribution is -0.122. The van der Waals surface area contributed by atoms with Crippen LogP contribution >= 0.6 is 15.9 Å². The second kappa shape index (κ2) is 11.5. The molecule has 4 amide bonds. The fourth-order valence-corrected chi connectivity index (χ4v) is 4.51. The average molecular weight is 593 g/mol. The van der Waals surface area contributed by atoms with Crippen molar-refractivity contribution in [2.24, 2.45) is 0 Å². The summed E-state index contributed by atoms with van der Waals surface area (Å²) < 4.78 is 12.2. The molecule has 0 aromatic heterocycles. The van der Waals surface area contributed by atoms with Crippen LogP contribution in [0.25, 0.3) is 6.08 Å². The average Bonchev–Trinajstić information content (AvgIpc) is 2.86. The van der Waals surface area contributed by atoms with Crippen LogP contribution in [0.5, 0.6) is 11.5 Å². The fourth-order valence-electron chi connectivity index (χ4n) is 4.07. The first-order valence-corrected chi connectivity index (χ1v) is 12.8. The van der Waals surface area contributed by atoms with Gasteiger partial charge >= 0.3 is 12.0 Å². The first-order chi connectivity index (χ1) is 18.6. The molecule has 0 saturated carbocycles. The molecule has 0 aliphatic carbocycles. The van der Waals surface area contributed by atoms with Crippen molar-refractivity contribution < 1.29 is 33.8 Å². The van der Waals surface area contributed by atoms with Gasteiger partial charge in [-0.2, -0.15) is 0 Å². The number of aryl methyl sites for hydroxylation is 2. The number of carbonyl (C=O) groups excluding carboxylic acids is 3. The number of nitrogens with one attached hydrogen (secondary N) is 1. The number of ether oxygens (including phenoxy) is 2. The summed E-state index contributed by atoms with van der Waals surface area (Å²) in [5.41, 5.74) is 3.27. The molecule has 2 N–H and O–H groups in total. The lowest BCUT2D eigenvalue weighted by Gasteiger charge is -2.27. The molecule has 10 heteroatoms. The van der Waals surface area contributed by atoms with Crippen LogP contribution in [0.2, 0.25) is 0 Å². The minimum Gasteiger partial charge on any atom is -0.490 e. The van der Waals surface area contributed by atoms with Crippen molar-refractivity contribution in [2.75, 3.05) is 11.5 Å². The lowest BCUT2D eigenvalue weighted by atomic mass is 10.0. The zero-order valence-corrected chi connectivity index (χ0v) is 23.0. The van der Waals surface area contributed by atoms with Gasteiger partial charge in [0.2, 0.25) is 0 Å². The van der Waals surface area contributed by atoms with Crippen molar-refractivity contribution in [3.8, 4) is 11.5 Å². The van der Waals surface area contributed by atoms with E-state index in [0.717, 1.165) is 21.6 Å². The van der Waals surface area contributed by atoms with Crippen LogP contribution in [0, 0.1) is 13.8 Å². The van der Waals surface area contributed by atoms with E-state index in [1.54, 1.807) is 43.3 Å². The van der Waals surface area contributed by atoms with Crippen LogP contribution in [0.4, 0.5) is 10.5 Å². The first-order valence-electron chi connectivity index (χ1n) is 12.0. The second-order valence-corrected chi connectivity index (χ2v) is 9.70. The number of nitrogens with zero attached hydrogens (tertiary/aromatic N) is 1. The summed E-state index contributed by atoms with van der Waals surface area (Å²) in [6.07, 6.45) is 1.39. The third kappa shape index (κ3) is 6.18. The number of aromatic carboxylic acids is 1. The van der Waals surface area contributed by atoms with Gasteiger partial charge in [0.15, 0.2) is 11.5 Å². The molecule has 3 aromatic carbocycles. The van der Waals surface area contributed by atoms with Crippen molar-refractivity contribution in [2.45, 2.75) is 27.4 Å². The molecule has 200 valence electrons. The highest BCUT2D eigenvalue weighted by Gasteiger charge is 2.37. The molecule has 0 atom stereocenters. The Morgan fingerprint density at radius 3 is 2.23 bits per heavy atom. The number of amides is 4. The minimum atomic E-state index is -1.01. The number of imide groups is 2. The maximum atomic E-state index is 13.4. The molecule has 0 unspecified atom stereocenters. The topological polar surface area (TPSA) is 122 Å². The Hall–Kier alpha value is -4.44. The molecule has 39 heavy (non-hydrogen) atoms. The zero-order valence-electron chi connectivity index (χ0n) is 21.4. The molecule has 0 spiro atoms. The molecule has 0 radical (unpaired) electrons. The summed E-state index contributed by atoms with van der Waals surface area (Å²) in [5.74, 6) is -1.79. The number of benzene rings is 3. The predicted octanol–water partition coefficient (Wildman–Crippen LogP) is 5.41. The number of carboxylic acid groups (broad SMARTS) is 1. The van der Waals surface area contributed by atoms with E-state index < -0.39 is 23.8 Å². The molecule has 0 bridgehead atoms. The number of hydrogen-bond acceptors (Lipinski definition) is 6. The Balaban J connectivity index is 1.64. The molecule has 1 aliphatic rings. The van der Waals surface area contributed by atoms with Gasteiger partial charge in [0, 0.05) is 4.47 Å². The number of anilines is 1. The quantitative estimate of drug-likeness (QED) is 0.265. The summed E-state index contributed by atoms with van der Waals surface area (Å²) in [6, 6.07) is 14.1. The molecule has 1 aliphatic heterocycles. The number of barbiturate groups is 1. The van der Waals surface area contributed by atoms with Gasteiger partial charge in [-0.1, -0.05) is 34.1 Å². The van der Waals surface area contributed by atoms with Crippen LogP contribution in [0.15, 0.2) is 64.6 Å². The summed E-state index contributed by atoms with van der Waals surface area (Å²) in [5, 5.41) is 11.3. The Morgan fingerprint density at radius 2 is 1.62 bits per heavy atom. The molecule has 9 nitrogen and oxygen atoms in total. The number of carboxylic acids is 1. The third-order valence-electron chi connectivity index (χ3n) is 5.82. The van der Waals surface area contributed by atoms with Crippen LogP contribution in [0.1, 0.15) is 39.5 Å². The molecule has 1 fully saturated rings. The van der Waals surface area contributed by atoms with E-state index in [9.17, 15) is 19.2 Å². The van der Waals surface area contributed by atoms with E-state index >= 15 is 0 Å². The van der Waals surface area contributed by atoms with Gasteiger partial charge in [-0.15, -0.1) is 0 Å². The number of carbonyl (C=O) groups is 4. The maximum Gasteiger partial charge on any atom is 0.335 e. The van der Waals surface area contributed by atoms with Gasteiger partial charge in [-0.3, -0.25) is 14.9 Å². The van der Waals surface area contributed by atoms with E-state index in [1.165, 1.54) is 18.2 Å². The van der Waals surface area contributed by atoms with Crippen molar-refractivity contribution >= 4 is 51.5 Å². The van der Waals surface area contributed by atoms with E-state index in [1.807, 2.05) is 19.9 Å². The van der Waals surface area contributed by atoms with Gasteiger partial charge in [0.05, 0.1) is 17.9 Å². The summed E-state index contributed by atoms with van der Waals surface area (Å²) in [7, 11) is 0. The van der Waals surface area contributed by atoms with E-state index in [0.29, 0.717) is 33.8 Å². The number of hydrogen-bond donors (Lipinski definition) is 2. The fraction of sp³-hybridized carbons (Fsp3) is 0.172. The molecule has 3 aromatic rings. The zero-order chi connectivity index (χ0) is 28.3. The van der Waals surface area contributed by atoms with Gasteiger partial charge in [-0.05, 0) is 85.5 Å². The van der Waals surface area contributed by atoms with Crippen LogP contribution in [0.3, 0.4) is 0 Å². The SMILES string of the molecule is CCOc1cc(/C=C2\C(=O)NC(=O)N(c3cc(C)cc(C)c3)C2=O)c(Br)cc1OCc1ccc(C(=O)O)cc1. The summed E-state index contributed by atoms with van der Waals surface area (Å²) >= 11 is 3.47. The smallest absolute Gasteiger partial charge is 0.335 e. The highest BCUT2D eigenvalue weighted by molar-refractivity contribution is 9.10. The van der Waals surface area contributed by atoms with E-state index in [2.05, 4.69) is 21.2 Å². The van der Waals surface area contributed by atoms with Gasteiger partial charge in [0.1, 0.15) is 12.2 Å². The highest BCUT2D eigenvalue weighted by atomic mass is 79.9. The Bertz CT molecular complexity index is 1490. The largest absolute Gasteiger partial charge is 0.490 e. The summed E-state index contributed by atoms with van der Waals surface area (Å²) in [4.78, 5) is 50.7. The number of halogens is 1. The molecular formula is C29H25BrN2O7. The molecular weight excluding hydrogens is 568 g/mol. The van der Waals surface area contributed by atoms with E-state index in [-0.39, 0.29) is 17.7 Å². The van der Waals surface area contributed by atoms with Crippen molar-refractivity contribution in [3.63, 3.8) is 0 Å². The Morgan fingerprint density at radius 1 is 0.974 bits per heavy atom. The molecule has 4 rings (SSSR count).